The molecule has 0 aliphatic heterocycles. The van der Waals surface area contributed by atoms with E-state index < -0.39 is 0 Å². The van der Waals surface area contributed by atoms with Crippen LogP contribution in [0.4, 0.5) is 0 Å². The molecular weight excluding hydrogens is 346 g/mol. The third-order valence-corrected chi connectivity index (χ3v) is 5.05. The van der Waals surface area contributed by atoms with E-state index in [9.17, 15) is 4.79 Å². The minimum Gasteiger partial charge on any atom is -0.491 e. The summed E-state index contributed by atoms with van der Waals surface area (Å²) < 4.78 is 6.12. The number of fused-ring (bicyclic) bond motifs is 5. The summed E-state index contributed by atoms with van der Waals surface area (Å²) in [7, 11) is 4.07. The van der Waals surface area contributed by atoms with Crippen molar-refractivity contribution in [2.75, 3.05) is 20.7 Å². The van der Waals surface area contributed by atoms with Gasteiger partial charge in [-0.25, -0.2) is 0 Å². The first kappa shape index (κ1) is 18.4. The highest BCUT2D eigenvalue weighted by atomic mass is 35.5. The van der Waals surface area contributed by atoms with Gasteiger partial charge in [-0.3, -0.25) is 4.79 Å². The van der Waals surface area contributed by atoms with Crippen LogP contribution in [0.5, 0.6) is 5.75 Å². The van der Waals surface area contributed by atoms with Crippen molar-refractivity contribution in [1.82, 2.24) is 4.90 Å². The molecule has 0 spiro atoms. The smallest absolute Gasteiger partial charge is 0.194 e. The normalized spacial score (nSPS) is 13.3. The highest BCUT2D eigenvalue weighted by Crippen LogP contribution is 2.44. The van der Waals surface area contributed by atoms with Gasteiger partial charge in [0.1, 0.15) is 12.4 Å². The maximum absolute atomic E-state index is 12.9. The lowest BCUT2D eigenvalue weighted by Crippen LogP contribution is -2.30. The SMILES string of the molecule is CC(COc1cc2c(c3ccccc13)-c1ccccc1C2=O)N(C)C.Cl. The predicted molar refractivity (Wildman–Crippen MR) is 109 cm³/mol. The summed E-state index contributed by atoms with van der Waals surface area (Å²) in [5.41, 5.74) is 3.57. The molecule has 134 valence electrons. The van der Waals surface area contributed by atoms with Crippen LogP contribution in [0.1, 0.15) is 22.8 Å². The largest absolute Gasteiger partial charge is 0.491 e. The summed E-state index contributed by atoms with van der Waals surface area (Å²) in [6, 6.07) is 18.2. The number of rotatable bonds is 4. The molecule has 26 heavy (non-hydrogen) atoms. The van der Waals surface area contributed by atoms with Gasteiger partial charge in [0, 0.05) is 28.1 Å². The van der Waals surface area contributed by atoms with Gasteiger partial charge in [-0.15, -0.1) is 12.4 Å². The molecule has 0 aromatic heterocycles. The summed E-state index contributed by atoms with van der Waals surface area (Å²) in [4.78, 5) is 15.0. The van der Waals surface area contributed by atoms with Crippen molar-refractivity contribution < 1.29 is 9.53 Å². The third-order valence-electron chi connectivity index (χ3n) is 5.05. The first-order chi connectivity index (χ1) is 12.1. The van der Waals surface area contributed by atoms with Gasteiger partial charge >= 0.3 is 0 Å². The van der Waals surface area contributed by atoms with Gasteiger partial charge in [-0.2, -0.15) is 0 Å². The maximum Gasteiger partial charge on any atom is 0.194 e. The fourth-order valence-corrected chi connectivity index (χ4v) is 3.33. The molecule has 1 unspecified atom stereocenters. The average molecular weight is 368 g/mol. The van der Waals surface area contributed by atoms with E-state index in [2.05, 4.69) is 24.0 Å². The van der Waals surface area contributed by atoms with Crippen molar-refractivity contribution >= 4 is 29.0 Å². The first-order valence-corrected chi connectivity index (χ1v) is 8.57. The molecule has 0 saturated heterocycles. The van der Waals surface area contributed by atoms with E-state index in [0.29, 0.717) is 12.6 Å². The van der Waals surface area contributed by atoms with Crippen LogP contribution in [-0.4, -0.2) is 37.4 Å². The fraction of sp³-hybridized carbons (Fsp3) is 0.227. The quantitative estimate of drug-likeness (QED) is 0.518. The molecule has 0 amide bonds. The zero-order valence-electron chi connectivity index (χ0n) is 15.2. The first-order valence-electron chi connectivity index (χ1n) is 8.57. The van der Waals surface area contributed by atoms with Crippen molar-refractivity contribution in [2.24, 2.45) is 0 Å². The van der Waals surface area contributed by atoms with Crippen LogP contribution < -0.4 is 4.74 Å². The Balaban J connectivity index is 0.00000196. The summed E-state index contributed by atoms with van der Waals surface area (Å²) in [5.74, 6) is 0.867. The summed E-state index contributed by atoms with van der Waals surface area (Å²) >= 11 is 0. The second-order valence-electron chi connectivity index (χ2n) is 6.84. The number of hydrogen-bond donors (Lipinski definition) is 0. The van der Waals surface area contributed by atoms with Gasteiger partial charge in [-0.05, 0) is 38.0 Å². The van der Waals surface area contributed by atoms with Crippen LogP contribution in [-0.2, 0) is 0 Å². The number of hydrogen-bond acceptors (Lipinski definition) is 3. The molecule has 3 aromatic rings. The molecule has 0 bridgehead atoms. The van der Waals surface area contributed by atoms with Crippen molar-refractivity contribution in [1.29, 1.82) is 0 Å². The lowest BCUT2D eigenvalue weighted by molar-refractivity contribution is 0.104. The Morgan fingerprint density at radius 2 is 1.54 bits per heavy atom. The number of carbonyl (C=O) groups is 1. The standard InChI is InChI=1S/C22H21NO2.ClH/c1-14(23(2)3)13-25-20-12-19-21(16-9-5-4-8-15(16)20)17-10-6-7-11-18(17)22(19)24;/h4-12,14H,13H2,1-3H3;1H. The molecule has 4 rings (SSSR count). The number of likely N-dealkylation sites (N-methyl/N-ethyl adjacent to an activating group) is 1. The van der Waals surface area contributed by atoms with E-state index in [1.54, 1.807) is 0 Å². The Labute approximate surface area is 160 Å². The predicted octanol–water partition coefficient (Wildman–Crippen LogP) is 4.80. The molecule has 4 heteroatoms. The number of carbonyl (C=O) groups excluding carboxylic acids is 1. The molecule has 3 aromatic carbocycles. The zero-order valence-corrected chi connectivity index (χ0v) is 16.0. The van der Waals surface area contributed by atoms with E-state index in [0.717, 1.165) is 38.8 Å². The maximum atomic E-state index is 12.9. The molecule has 0 saturated carbocycles. The topological polar surface area (TPSA) is 29.5 Å². The molecule has 0 radical (unpaired) electrons. The van der Waals surface area contributed by atoms with E-state index in [-0.39, 0.29) is 18.2 Å². The molecule has 1 aliphatic carbocycles. The monoisotopic (exact) mass is 367 g/mol. The number of halogens is 1. The number of nitrogens with zero attached hydrogens (tertiary/aromatic N) is 1. The van der Waals surface area contributed by atoms with Crippen molar-refractivity contribution in [3.63, 3.8) is 0 Å². The molecule has 0 heterocycles. The molecule has 0 fully saturated rings. The highest BCUT2D eigenvalue weighted by molar-refractivity contribution is 6.26. The van der Waals surface area contributed by atoms with Gasteiger partial charge in [0.15, 0.2) is 5.78 Å². The summed E-state index contributed by atoms with van der Waals surface area (Å²) in [6.45, 7) is 2.70. The van der Waals surface area contributed by atoms with E-state index >= 15 is 0 Å². The number of ketones is 1. The Morgan fingerprint density at radius 3 is 2.23 bits per heavy atom. The van der Waals surface area contributed by atoms with E-state index in [4.69, 9.17) is 4.74 Å². The minimum atomic E-state index is 0. The Kier molecular flexibility index (Phi) is 5.03. The van der Waals surface area contributed by atoms with Gasteiger partial charge in [-0.1, -0.05) is 48.5 Å². The lowest BCUT2D eigenvalue weighted by atomic mass is 9.97. The van der Waals surface area contributed by atoms with Crippen LogP contribution >= 0.6 is 12.4 Å². The Bertz CT molecular complexity index is 981. The minimum absolute atomic E-state index is 0. The van der Waals surface area contributed by atoms with Crippen molar-refractivity contribution in [3.8, 4) is 16.9 Å². The Hall–Kier alpha value is -2.36. The van der Waals surface area contributed by atoms with Crippen LogP contribution in [0.15, 0.2) is 54.6 Å². The van der Waals surface area contributed by atoms with Crippen molar-refractivity contribution in [2.45, 2.75) is 13.0 Å². The highest BCUT2D eigenvalue weighted by Gasteiger charge is 2.29. The van der Waals surface area contributed by atoms with Gasteiger partial charge in [0.25, 0.3) is 0 Å². The van der Waals surface area contributed by atoms with Gasteiger partial charge in [0.2, 0.25) is 0 Å². The van der Waals surface area contributed by atoms with Crippen LogP contribution in [0, 0.1) is 0 Å². The molecular formula is C22H22ClNO2. The average Bonchev–Trinajstić information content (AvgIpc) is 2.92. The second-order valence-corrected chi connectivity index (χ2v) is 6.84. The third kappa shape index (κ3) is 2.87. The van der Waals surface area contributed by atoms with Gasteiger partial charge in [0.05, 0.1) is 0 Å². The number of ether oxygens (including phenoxy) is 1. The molecule has 1 atom stereocenters. The molecule has 1 aliphatic rings. The summed E-state index contributed by atoms with van der Waals surface area (Å²) in [5, 5.41) is 2.13. The molecule has 0 N–H and O–H groups in total. The zero-order chi connectivity index (χ0) is 17.6. The van der Waals surface area contributed by atoms with E-state index in [1.165, 1.54) is 0 Å². The number of benzene rings is 3. The van der Waals surface area contributed by atoms with Gasteiger partial charge < -0.3 is 9.64 Å². The lowest BCUT2D eigenvalue weighted by Gasteiger charge is -2.21. The Morgan fingerprint density at radius 1 is 0.923 bits per heavy atom. The van der Waals surface area contributed by atoms with Crippen LogP contribution in [0.3, 0.4) is 0 Å². The second kappa shape index (κ2) is 7.10. The van der Waals surface area contributed by atoms with E-state index in [1.807, 2.05) is 56.6 Å². The van der Waals surface area contributed by atoms with Crippen molar-refractivity contribution in [3.05, 3.63) is 65.7 Å². The van der Waals surface area contributed by atoms with Crippen LogP contribution in [0.2, 0.25) is 0 Å². The fourth-order valence-electron chi connectivity index (χ4n) is 3.33. The summed E-state index contributed by atoms with van der Waals surface area (Å²) in [6.07, 6.45) is 0. The molecule has 3 nitrogen and oxygen atoms in total. The van der Waals surface area contributed by atoms with Crippen LogP contribution in [0.25, 0.3) is 21.9 Å².